The van der Waals surface area contributed by atoms with Gasteiger partial charge in [0, 0.05) is 42.8 Å². The van der Waals surface area contributed by atoms with E-state index < -0.39 is 8.07 Å². The minimum absolute atomic E-state index is 0. The molecule has 4 nitrogen and oxygen atoms in total. The number of para-hydroxylation sites is 3. The molecule has 0 bridgehead atoms. The number of imidazole rings is 1. The van der Waals surface area contributed by atoms with Crippen molar-refractivity contribution in [3.8, 4) is 61.7 Å². The molecule has 1 radical (unpaired) electrons. The second-order valence-corrected chi connectivity index (χ2v) is 25.8. The molecule has 0 saturated carbocycles. The summed E-state index contributed by atoms with van der Waals surface area (Å²) in [5.41, 5.74) is 17.3. The van der Waals surface area contributed by atoms with Crippen molar-refractivity contribution in [2.75, 3.05) is 0 Å². The van der Waals surface area contributed by atoms with Crippen molar-refractivity contribution in [1.82, 2.24) is 14.5 Å². The predicted octanol–water partition coefficient (Wildman–Crippen LogP) is 17.0. The van der Waals surface area contributed by atoms with Crippen molar-refractivity contribution >= 4 is 46.2 Å². The molecule has 11 aromatic rings. The van der Waals surface area contributed by atoms with Crippen LogP contribution >= 0.6 is 0 Å². The summed E-state index contributed by atoms with van der Waals surface area (Å²) in [6.07, 6.45) is 3.23. The predicted molar refractivity (Wildman–Crippen MR) is 298 cm³/mol. The molecule has 0 spiro atoms. The minimum atomic E-state index is -1.40. The molecular weight excluding hydrogens is 1060 g/mol. The van der Waals surface area contributed by atoms with E-state index in [9.17, 15) is 0 Å². The molecular formula is C65H59IrN3OSi-2. The van der Waals surface area contributed by atoms with Crippen LogP contribution in [0.25, 0.3) is 94.7 Å². The van der Waals surface area contributed by atoms with Crippen LogP contribution in [0, 0.1) is 18.1 Å². The molecule has 0 unspecified atom stereocenters. The summed E-state index contributed by atoms with van der Waals surface area (Å²) in [6.45, 7) is 18.6. The van der Waals surface area contributed by atoms with Gasteiger partial charge in [-0.3, -0.25) is 4.98 Å². The summed E-state index contributed by atoms with van der Waals surface area (Å²) in [5.74, 6) is 1.44. The Balaban J connectivity index is 0.000000198. The van der Waals surface area contributed by atoms with E-state index in [1.165, 1.54) is 27.4 Å². The van der Waals surface area contributed by atoms with Crippen LogP contribution in [0.15, 0.2) is 199 Å². The summed E-state index contributed by atoms with van der Waals surface area (Å²) >= 11 is 0. The molecule has 6 heteroatoms. The van der Waals surface area contributed by atoms with Gasteiger partial charge in [0.25, 0.3) is 0 Å². The Bertz CT molecular complexity index is 3560. The van der Waals surface area contributed by atoms with Crippen molar-refractivity contribution in [2.24, 2.45) is 5.92 Å². The van der Waals surface area contributed by atoms with E-state index in [4.69, 9.17) is 14.4 Å². The quantitative estimate of drug-likeness (QED) is 0.107. The van der Waals surface area contributed by atoms with Crippen LogP contribution < -0.4 is 5.19 Å². The maximum atomic E-state index is 6.53. The molecule has 11 rings (SSSR count). The number of pyridine rings is 1. The normalized spacial score (nSPS) is 11.7. The van der Waals surface area contributed by atoms with Gasteiger partial charge < -0.3 is 14.0 Å². The van der Waals surface area contributed by atoms with E-state index in [0.717, 1.165) is 90.0 Å². The van der Waals surface area contributed by atoms with Crippen molar-refractivity contribution in [1.29, 1.82) is 0 Å². The molecule has 355 valence electrons. The number of aromatic nitrogens is 3. The summed E-state index contributed by atoms with van der Waals surface area (Å²) < 4.78 is 8.86. The van der Waals surface area contributed by atoms with Crippen LogP contribution in [0.4, 0.5) is 0 Å². The Morgan fingerprint density at radius 2 is 1.21 bits per heavy atom. The number of fused-ring (bicyclic) bond motifs is 4. The Labute approximate surface area is 433 Å². The molecule has 0 atom stereocenters. The third-order valence-electron chi connectivity index (χ3n) is 13.1. The number of furan rings is 1. The molecule has 0 saturated heterocycles. The first-order valence-electron chi connectivity index (χ1n) is 24.5. The van der Waals surface area contributed by atoms with Crippen LogP contribution in [0.2, 0.25) is 19.6 Å². The zero-order valence-corrected chi connectivity index (χ0v) is 45.2. The van der Waals surface area contributed by atoms with Gasteiger partial charge in [0.2, 0.25) is 0 Å². The van der Waals surface area contributed by atoms with Crippen LogP contribution in [-0.2, 0) is 31.9 Å². The SMILES string of the molecule is CC(C)(C)c1cc(-c2ccccc2)c(-n2c(-c3[c-]ccc4c3oc3ccccc34)nc3ccccc32)c(-c2ccccc2)c1.CC(C)Cc1cc(-c2[c-]ccc(-c3ccccc3)c2)ncc1[Si](C)(C)C.[Ir]. The third kappa shape index (κ3) is 10.2. The number of hydrogen-bond acceptors (Lipinski definition) is 3. The Hall–Kier alpha value is -6.95. The summed E-state index contributed by atoms with van der Waals surface area (Å²) in [5, 5.41) is 3.63. The average Bonchev–Trinajstić information content (AvgIpc) is 3.95. The maximum absolute atomic E-state index is 6.53. The van der Waals surface area contributed by atoms with Crippen LogP contribution in [0.3, 0.4) is 0 Å². The molecule has 0 aliphatic rings. The van der Waals surface area contributed by atoms with Crippen molar-refractivity contribution in [2.45, 2.75) is 66.1 Å². The second kappa shape index (κ2) is 20.4. The number of rotatable bonds is 9. The van der Waals surface area contributed by atoms with Gasteiger partial charge >= 0.3 is 0 Å². The number of hydrogen-bond donors (Lipinski definition) is 0. The van der Waals surface area contributed by atoms with Gasteiger partial charge in [-0.2, -0.15) is 0 Å². The standard InChI is InChI=1S/C41H31N2O.C24H28NSi.Ir/c1-41(2,3)29-25-33(27-15-6-4-7-16-27)38(34(26-29)28-17-8-5-9-18-28)43-36-23-12-11-22-35(36)42-40(43)32-21-14-20-31-30-19-10-13-24-37(30)44-39(31)32;1-18(2)14-22-16-23(25-17-24(22)26(3,4)5)21-13-9-12-20(15-21)19-10-7-6-8-11-19;/h4-20,22-26H,1-3H3;6-12,15-18H,14H2,1-5H3;/q2*-1;. The first-order chi connectivity index (χ1) is 33.8. The van der Waals surface area contributed by atoms with Gasteiger partial charge in [0.05, 0.1) is 36.2 Å². The number of nitrogens with zero attached hydrogens (tertiary/aromatic N) is 3. The van der Waals surface area contributed by atoms with E-state index in [1.807, 2.05) is 36.4 Å². The smallest absolute Gasteiger partial charge is 0.120 e. The molecule has 8 aromatic carbocycles. The van der Waals surface area contributed by atoms with Gasteiger partial charge in [-0.25, -0.2) is 0 Å². The van der Waals surface area contributed by atoms with E-state index >= 15 is 0 Å². The van der Waals surface area contributed by atoms with Gasteiger partial charge in [0.1, 0.15) is 5.58 Å². The van der Waals surface area contributed by atoms with E-state index in [0.29, 0.717) is 5.92 Å². The first-order valence-corrected chi connectivity index (χ1v) is 28.0. The fraction of sp³-hybridized carbons (Fsp3) is 0.169. The van der Waals surface area contributed by atoms with E-state index in [2.05, 4.69) is 229 Å². The van der Waals surface area contributed by atoms with Gasteiger partial charge in [-0.15, -0.1) is 53.6 Å². The maximum Gasteiger partial charge on any atom is 0.120 e. The zero-order valence-electron chi connectivity index (χ0n) is 41.8. The van der Waals surface area contributed by atoms with Crippen LogP contribution in [0.1, 0.15) is 45.7 Å². The monoisotopic (exact) mass is 1120 g/mol. The van der Waals surface area contributed by atoms with Gasteiger partial charge in [-0.05, 0) is 81.2 Å². The van der Waals surface area contributed by atoms with Crippen LogP contribution in [0.5, 0.6) is 0 Å². The second-order valence-electron chi connectivity index (χ2n) is 20.8. The molecule has 0 aliphatic heterocycles. The van der Waals surface area contributed by atoms with Crippen LogP contribution in [-0.4, -0.2) is 22.6 Å². The molecule has 0 amide bonds. The summed E-state index contributed by atoms with van der Waals surface area (Å²) in [7, 11) is -1.40. The molecule has 0 fully saturated rings. The Kier molecular flexibility index (Phi) is 14.1. The fourth-order valence-electron chi connectivity index (χ4n) is 9.61. The van der Waals surface area contributed by atoms with Gasteiger partial charge in [-0.1, -0.05) is 198 Å². The first kappa shape index (κ1) is 49.0. The van der Waals surface area contributed by atoms with Crippen molar-refractivity contribution in [3.05, 3.63) is 218 Å². The third-order valence-corrected chi connectivity index (χ3v) is 15.2. The molecule has 0 N–H and O–H groups in total. The largest absolute Gasteiger partial charge is 0.501 e. The fourth-order valence-corrected chi connectivity index (χ4v) is 11.2. The Morgan fingerprint density at radius 3 is 1.85 bits per heavy atom. The molecule has 71 heavy (non-hydrogen) atoms. The Morgan fingerprint density at radius 1 is 0.620 bits per heavy atom. The summed E-state index contributed by atoms with van der Waals surface area (Å²) in [4.78, 5) is 10.1. The minimum Gasteiger partial charge on any atom is -0.501 e. The van der Waals surface area contributed by atoms with Gasteiger partial charge in [0.15, 0.2) is 0 Å². The topological polar surface area (TPSA) is 43.9 Å². The number of benzene rings is 8. The van der Waals surface area contributed by atoms with E-state index in [-0.39, 0.29) is 25.5 Å². The van der Waals surface area contributed by atoms with Crippen molar-refractivity contribution in [3.63, 3.8) is 0 Å². The average molecular weight is 1120 g/mol. The van der Waals surface area contributed by atoms with E-state index in [1.54, 1.807) is 0 Å². The van der Waals surface area contributed by atoms with Crippen molar-refractivity contribution < 1.29 is 24.5 Å². The molecule has 0 aliphatic carbocycles. The summed E-state index contributed by atoms with van der Waals surface area (Å²) in [6, 6.07) is 72.8. The molecule has 3 aromatic heterocycles. The zero-order chi connectivity index (χ0) is 48.6. The molecule has 3 heterocycles.